The van der Waals surface area contributed by atoms with Crippen LogP contribution < -0.4 is 9.64 Å². The predicted molar refractivity (Wildman–Crippen MR) is 218 cm³/mol. The molecule has 0 saturated carbocycles. The third-order valence-electron chi connectivity index (χ3n) is 12.2. The van der Waals surface area contributed by atoms with Gasteiger partial charge in [-0.25, -0.2) is 4.98 Å². The first kappa shape index (κ1) is 39.0. The molecule has 286 valence electrons. The average Bonchev–Trinajstić information content (AvgIpc) is 3.48. The Hall–Kier alpha value is -4.28. The third kappa shape index (κ3) is 6.24. The quantitative estimate of drug-likeness (QED) is 0.168. The molecular weight excluding hydrogens is 860 g/mol. The molecule has 6 nitrogen and oxygen atoms in total. The Balaban J connectivity index is 0.00000465. The minimum absolute atomic E-state index is 0. The number of ether oxygens (including phenoxy) is 2. The van der Waals surface area contributed by atoms with Crippen molar-refractivity contribution in [2.45, 2.75) is 124 Å². The van der Waals surface area contributed by atoms with E-state index in [0.717, 1.165) is 34.9 Å². The van der Waals surface area contributed by atoms with Crippen molar-refractivity contribution in [3.63, 3.8) is 0 Å². The second-order valence-electron chi connectivity index (χ2n) is 18.6. The van der Waals surface area contributed by atoms with Gasteiger partial charge in [0.2, 0.25) is 0 Å². The summed E-state index contributed by atoms with van der Waals surface area (Å²) in [6.45, 7) is 28.7. The molecule has 5 aromatic rings. The monoisotopic (exact) mass is 911 g/mol. The molecule has 0 unspecified atom stereocenters. The number of aryl methyl sites for hydroxylation is 2. The van der Waals surface area contributed by atoms with E-state index in [1.54, 1.807) is 0 Å². The molecule has 4 heterocycles. The minimum Gasteiger partial charge on any atom is -0.524 e. The maximum atomic E-state index is 6.82. The number of anilines is 3. The van der Waals surface area contributed by atoms with E-state index in [0.29, 0.717) is 23.1 Å². The Morgan fingerprint density at radius 2 is 1.53 bits per heavy atom. The zero-order valence-corrected chi connectivity index (χ0v) is 36.8. The van der Waals surface area contributed by atoms with Crippen molar-refractivity contribution in [3.05, 3.63) is 135 Å². The Morgan fingerprint density at radius 1 is 0.800 bits per heavy atom. The molecular formula is C48H52N4O2Pt. The van der Waals surface area contributed by atoms with Gasteiger partial charge in [0.05, 0.1) is 0 Å². The van der Waals surface area contributed by atoms with Gasteiger partial charge in [0.15, 0.2) is 0 Å². The van der Waals surface area contributed by atoms with Gasteiger partial charge < -0.3 is 14.4 Å². The van der Waals surface area contributed by atoms with Gasteiger partial charge in [-0.1, -0.05) is 104 Å². The van der Waals surface area contributed by atoms with Gasteiger partial charge in [-0.15, -0.1) is 24.3 Å². The van der Waals surface area contributed by atoms with Crippen LogP contribution in [0.15, 0.2) is 71.9 Å². The van der Waals surface area contributed by atoms with Crippen molar-refractivity contribution in [2.75, 3.05) is 4.90 Å². The molecule has 0 bridgehead atoms. The summed E-state index contributed by atoms with van der Waals surface area (Å²) < 4.78 is 13.5. The fraction of sp³-hybridized carbons (Fsp3) is 0.396. The average molecular weight is 912 g/mol. The van der Waals surface area contributed by atoms with Gasteiger partial charge in [0, 0.05) is 46.5 Å². The Kier molecular flexibility index (Phi) is 9.13. The van der Waals surface area contributed by atoms with E-state index in [4.69, 9.17) is 24.4 Å². The van der Waals surface area contributed by atoms with Crippen molar-refractivity contribution in [1.29, 1.82) is 0 Å². The maximum Gasteiger partial charge on any atom is 2.00 e. The van der Waals surface area contributed by atoms with E-state index < -0.39 is 11.1 Å². The molecule has 0 fully saturated rings. The summed E-state index contributed by atoms with van der Waals surface area (Å²) in [6.07, 6.45) is 2.66. The molecule has 7 heteroatoms. The number of hydrogen-bond donors (Lipinski definition) is 0. The SMILES string of the molecule is Cc1cc(Oc2[c-]c(C3=N[C@]4(C)c5ccc(C)c(C)c5C[C@]4(C)O3)nc(C(C)(C)C)c2)[c-]c(N2c3ccc(C(C)(C)C)cc3C(C)(C)c3cccnc32)c1.[Pt+2]. The summed E-state index contributed by atoms with van der Waals surface area (Å²) in [5.41, 5.74) is 11.7. The Labute approximate surface area is 342 Å². The normalized spacial score (nSPS) is 20.7. The number of fused-ring (bicyclic) bond motifs is 5. The van der Waals surface area contributed by atoms with Crippen molar-refractivity contribution < 1.29 is 30.5 Å². The number of nitrogens with zero attached hydrogens (tertiary/aromatic N) is 4. The summed E-state index contributed by atoms with van der Waals surface area (Å²) in [7, 11) is 0. The van der Waals surface area contributed by atoms with Crippen LogP contribution in [0, 0.1) is 32.9 Å². The summed E-state index contributed by atoms with van der Waals surface area (Å²) in [6, 6.07) is 28.7. The third-order valence-corrected chi connectivity index (χ3v) is 12.2. The van der Waals surface area contributed by atoms with E-state index >= 15 is 0 Å². The van der Waals surface area contributed by atoms with Gasteiger partial charge in [0.25, 0.3) is 0 Å². The van der Waals surface area contributed by atoms with Crippen LogP contribution in [0.5, 0.6) is 11.5 Å². The van der Waals surface area contributed by atoms with Gasteiger partial charge in [-0.3, -0.25) is 9.98 Å². The molecule has 0 N–H and O–H groups in total. The molecule has 3 aromatic carbocycles. The van der Waals surface area contributed by atoms with Crippen LogP contribution in [0.2, 0.25) is 0 Å². The van der Waals surface area contributed by atoms with Crippen LogP contribution in [0.1, 0.15) is 125 Å². The second kappa shape index (κ2) is 12.9. The minimum atomic E-state index is -0.541. The molecule has 8 rings (SSSR count). The molecule has 55 heavy (non-hydrogen) atoms. The number of benzene rings is 3. The molecule has 3 aliphatic rings. The largest absolute Gasteiger partial charge is 2.00 e. The molecule has 0 spiro atoms. The first-order valence-corrected chi connectivity index (χ1v) is 19.2. The molecule has 0 radical (unpaired) electrons. The Morgan fingerprint density at radius 3 is 2.24 bits per heavy atom. The fourth-order valence-electron chi connectivity index (χ4n) is 8.43. The molecule has 2 aliphatic heterocycles. The van der Waals surface area contributed by atoms with E-state index in [-0.39, 0.29) is 37.3 Å². The zero-order valence-electron chi connectivity index (χ0n) is 34.5. The van der Waals surface area contributed by atoms with E-state index in [1.807, 2.05) is 24.4 Å². The van der Waals surface area contributed by atoms with Crippen LogP contribution in [0.3, 0.4) is 0 Å². The number of aromatic nitrogens is 2. The van der Waals surface area contributed by atoms with Crippen LogP contribution >= 0.6 is 0 Å². The number of aliphatic imine (C=N–C) groups is 1. The predicted octanol–water partition coefficient (Wildman–Crippen LogP) is 11.5. The van der Waals surface area contributed by atoms with E-state index in [1.165, 1.54) is 38.9 Å². The van der Waals surface area contributed by atoms with Crippen LogP contribution in [0.25, 0.3) is 0 Å². The van der Waals surface area contributed by atoms with E-state index in [9.17, 15) is 0 Å². The molecule has 2 atom stereocenters. The topological polar surface area (TPSA) is 59.8 Å². The van der Waals surface area contributed by atoms with Crippen LogP contribution in [0.4, 0.5) is 17.2 Å². The van der Waals surface area contributed by atoms with Crippen molar-refractivity contribution in [1.82, 2.24) is 9.97 Å². The van der Waals surface area contributed by atoms with Crippen LogP contribution in [-0.2, 0) is 54.0 Å². The summed E-state index contributed by atoms with van der Waals surface area (Å²) in [5.74, 6) is 2.52. The molecule has 0 amide bonds. The molecule has 1 aliphatic carbocycles. The smallest absolute Gasteiger partial charge is 0.524 e. The van der Waals surface area contributed by atoms with Crippen molar-refractivity contribution >= 4 is 23.1 Å². The van der Waals surface area contributed by atoms with Crippen molar-refractivity contribution in [3.8, 4) is 11.5 Å². The van der Waals surface area contributed by atoms with Gasteiger partial charge >= 0.3 is 21.1 Å². The first-order chi connectivity index (χ1) is 25.2. The number of pyridine rings is 2. The summed E-state index contributed by atoms with van der Waals surface area (Å²) in [4.78, 5) is 17.6. The van der Waals surface area contributed by atoms with Gasteiger partial charge in [0.1, 0.15) is 22.9 Å². The second-order valence-corrected chi connectivity index (χ2v) is 18.6. The zero-order chi connectivity index (χ0) is 38.7. The van der Waals surface area contributed by atoms with Crippen LogP contribution in [-0.4, -0.2) is 21.5 Å². The fourth-order valence-corrected chi connectivity index (χ4v) is 8.43. The molecule has 0 saturated heterocycles. The number of hydrogen-bond acceptors (Lipinski definition) is 6. The van der Waals surface area contributed by atoms with Crippen molar-refractivity contribution in [2.24, 2.45) is 4.99 Å². The maximum absolute atomic E-state index is 6.82. The molecule has 2 aromatic heterocycles. The van der Waals surface area contributed by atoms with Gasteiger partial charge in [-0.2, -0.15) is 5.56 Å². The Bertz CT molecular complexity index is 2400. The summed E-state index contributed by atoms with van der Waals surface area (Å²) >= 11 is 0. The summed E-state index contributed by atoms with van der Waals surface area (Å²) in [5, 5.41) is 0. The standard InChI is InChI=1S/C48H52N4O2.Pt/c1-28-21-32(52-40-19-17-31(44(4,5)6)23-38(40)46(10,11)37-15-14-20-49-42(37)52)24-33(22-28)53-34-25-39(50-41(26-34)45(7,8)9)43-51-48(13)36-18-16-29(2)30(3)35(36)27-47(48,12)54-43;/h14-23,26H,27H2,1-13H3;/q-2;+2/t47-,48+;/m0./s1. The van der Waals surface area contributed by atoms with Gasteiger partial charge in [-0.05, 0) is 89.7 Å². The number of rotatable bonds is 4. The van der Waals surface area contributed by atoms with E-state index in [2.05, 4.69) is 150 Å². The first-order valence-electron chi connectivity index (χ1n) is 19.2.